The lowest BCUT2D eigenvalue weighted by atomic mass is 10.1. The summed E-state index contributed by atoms with van der Waals surface area (Å²) < 4.78 is 5.16. The number of nitro benzene ring substituents is 1. The van der Waals surface area contributed by atoms with Crippen molar-refractivity contribution in [3.63, 3.8) is 0 Å². The number of esters is 1. The average Bonchev–Trinajstić information content (AvgIpc) is 2.90. The van der Waals surface area contributed by atoms with Crippen LogP contribution in [0, 0.1) is 17.0 Å². The van der Waals surface area contributed by atoms with E-state index in [4.69, 9.17) is 27.9 Å². The summed E-state index contributed by atoms with van der Waals surface area (Å²) in [7, 11) is 0. The Balaban J connectivity index is 2.02. The van der Waals surface area contributed by atoms with Gasteiger partial charge in [-0.2, -0.15) is 0 Å². The Hall–Kier alpha value is -2.70. The predicted molar refractivity (Wildman–Crippen MR) is 94.9 cm³/mol. The van der Waals surface area contributed by atoms with Gasteiger partial charge in [-0.15, -0.1) is 0 Å². The fourth-order valence-electron chi connectivity index (χ4n) is 2.34. The summed E-state index contributed by atoms with van der Waals surface area (Å²) >= 11 is 11.9. The minimum Gasteiger partial charge on any atom is -0.402 e. The van der Waals surface area contributed by atoms with Crippen LogP contribution >= 0.6 is 23.2 Å². The first-order valence-corrected chi connectivity index (χ1v) is 7.84. The van der Waals surface area contributed by atoms with Gasteiger partial charge in [-0.05, 0) is 36.8 Å². The van der Waals surface area contributed by atoms with Crippen molar-refractivity contribution in [3.05, 3.63) is 78.9 Å². The lowest BCUT2D eigenvalue weighted by molar-refractivity contribution is -0.385. The van der Waals surface area contributed by atoms with E-state index < -0.39 is 10.9 Å². The smallest absolute Gasteiger partial charge is 0.363 e. The minimum atomic E-state index is -0.660. The zero-order chi connectivity index (χ0) is 18.1. The predicted octanol–water partition coefficient (Wildman–Crippen LogP) is 4.55. The van der Waals surface area contributed by atoms with Crippen molar-refractivity contribution in [1.82, 2.24) is 0 Å². The second-order valence-electron chi connectivity index (χ2n) is 5.21. The molecule has 0 fully saturated rings. The topological polar surface area (TPSA) is 81.8 Å². The molecular formula is C17H10Cl2N2O4. The zero-order valence-corrected chi connectivity index (χ0v) is 14.3. The lowest BCUT2D eigenvalue weighted by Gasteiger charge is -2.04. The molecule has 0 amide bonds. The van der Waals surface area contributed by atoms with Crippen molar-refractivity contribution in [2.45, 2.75) is 6.92 Å². The summed E-state index contributed by atoms with van der Waals surface area (Å²) in [6.45, 7) is 1.57. The van der Waals surface area contributed by atoms with E-state index in [2.05, 4.69) is 4.99 Å². The first-order chi connectivity index (χ1) is 11.9. The highest BCUT2D eigenvalue weighted by atomic mass is 35.5. The van der Waals surface area contributed by atoms with Gasteiger partial charge < -0.3 is 4.74 Å². The molecule has 2 aromatic carbocycles. The van der Waals surface area contributed by atoms with Crippen LogP contribution in [0.3, 0.4) is 0 Å². The summed E-state index contributed by atoms with van der Waals surface area (Å²) in [5.74, 6) is -0.644. The maximum absolute atomic E-state index is 12.1. The maximum Gasteiger partial charge on any atom is 0.363 e. The highest BCUT2D eigenvalue weighted by molar-refractivity contribution is 6.35. The highest BCUT2D eigenvalue weighted by Gasteiger charge is 2.27. The Labute approximate surface area is 152 Å². The third-order valence-corrected chi connectivity index (χ3v) is 4.17. The fraction of sp³-hybridized carbons (Fsp3) is 0.0588. The first-order valence-electron chi connectivity index (χ1n) is 7.09. The summed E-state index contributed by atoms with van der Waals surface area (Å²) in [6.07, 6.45) is 1.47. The Bertz CT molecular complexity index is 967. The number of hydrogen-bond acceptors (Lipinski definition) is 5. The monoisotopic (exact) mass is 376 g/mol. The maximum atomic E-state index is 12.1. The Kier molecular flexibility index (Phi) is 4.57. The molecule has 6 nitrogen and oxygen atoms in total. The normalized spacial score (nSPS) is 15.2. The van der Waals surface area contributed by atoms with Crippen molar-refractivity contribution in [2.75, 3.05) is 0 Å². The Morgan fingerprint density at radius 1 is 1.24 bits per heavy atom. The zero-order valence-electron chi connectivity index (χ0n) is 12.8. The first kappa shape index (κ1) is 17.1. The molecule has 1 heterocycles. The van der Waals surface area contributed by atoms with Gasteiger partial charge in [-0.3, -0.25) is 10.1 Å². The quantitative estimate of drug-likeness (QED) is 0.340. The number of nitro groups is 1. The summed E-state index contributed by atoms with van der Waals surface area (Å²) in [5.41, 5.74) is 1.27. The van der Waals surface area contributed by atoms with E-state index >= 15 is 0 Å². The molecule has 3 rings (SSSR count). The van der Waals surface area contributed by atoms with E-state index in [9.17, 15) is 14.9 Å². The summed E-state index contributed by atoms with van der Waals surface area (Å²) in [6, 6.07) is 9.32. The van der Waals surface area contributed by atoms with Crippen LogP contribution in [0.2, 0.25) is 10.0 Å². The van der Waals surface area contributed by atoms with Crippen LogP contribution in [-0.2, 0) is 9.53 Å². The van der Waals surface area contributed by atoms with Gasteiger partial charge in [0.2, 0.25) is 5.90 Å². The third kappa shape index (κ3) is 3.40. The molecule has 0 bridgehead atoms. The van der Waals surface area contributed by atoms with Gasteiger partial charge in [0, 0.05) is 27.2 Å². The van der Waals surface area contributed by atoms with Crippen LogP contribution in [0.15, 0.2) is 47.1 Å². The van der Waals surface area contributed by atoms with E-state index in [1.807, 2.05) is 0 Å². The molecule has 0 N–H and O–H groups in total. The van der Waals surface area contributed by atoms with Gasteiger partial charge in [-0.25, -0.2) is 9.79 Å². The number of halogens is 2. The molecule has 0 saturated heterocycles. The second kappa shape index (κ2) is 6.66. The molecule has 2 aromatic rings. The third-order valence-electron chi connectivity index (χ3n) is 3.61. The molecular weight excluding hydrogens is 367 g/mol. The van der Waals surface area contributed by atoms with E-state index in [-0.39, 0.29) is 17.3 Å². The molecule has 0 aromatic heterocycles. The number of carbonyl (C=O) groups excluding carboxylic acids is 1. The molecule has 0 unspecified atom stereocenters. The number of ether oxygens (including phenoxy) is 1. The van der Waals surface area contributed by atoms with Gasteiger partial charge in [-0.1, -0.05) is 35.3 Å². The van der Waals surface area contributed by atoms with Crippen LogP contribution in [0.25, 0.3) is 6.08 Å². The van der Waals surface area contributed by atoms with E-state index in [0.717, 1.165) is 0 Å². The van der Waals surface area contributed by atoms with Crippen LogP contribution in [-0.4, -0.2) is 16.8 Å². The molecule has 25 heavy (non-hydrogen) atoms. The van der Waals surface area contributed by atoms with Crippen LogP contribution in [0.1, 0.15) is 16.7 Å². The summed E-state index contributed by atoms with van der Waals surface area (Å²) in [5, 5.41) is 11.9. The van der Waals surface area contributed by atoms with Gasteiger partial charge in [0.1, 0.15) is 0 Å². The van der Waals surface area contributed by atoms with E-state index in [1.165, 1.54) is 18.2 Å². The number of hydrogen-bond donors (Lipinski definition) is 0. The molecule has 0 aliphatic carbocycles. The number of aliphatic imine (C=N–C) groups is 1. The molecule has 0 atom stereocenters. The Morgan fingerprint density at radius 3 is 2.68 bits per heavy atom. The number of rotatable bonds is 3. The van der Waals surface area contributed by atoms with Gasteiger partial charge in [0.15, 0.2) is 5.70 Å². The van der Waals surface area contributed by atoms with Gasteiger partial charge in [0.25, 0.3) is 5.69 Å². The van der Waals surface area contributed by atoms with Crippen LogP contribution in [0.5, 0.6) is 0 Å². The molecule has 0 radical (unpaired) electrons. The Morgan fingerprint density at radius 2 is 2.00 bits per heavy atom. The lowest BCUT2D eigenvalue weighted by Crippen LogP contribution is -2.08. The number of benzene rings is 2. The van der Waals surface area contributed by atoms with E-state index in [1.54, 1.807) is 31.2 Å². The second-order valence-corrected chi connectivity index (χ2v) is 6.05. The standard InChI is InChI=1S/C17H10Cl2N2O4/c1-9-12(3-2-4-15(9)21(23)24)16-20-14(17(22)25-16)7-10-5-6-11(18)8-13(10)19/h2-8H,1H3/b14-7+. The highest BCUT2D eigenvalue weighted by Crippen LogP contribution is 2.28. The number of cyclic esters (lactones) is 1. The molecule has 1 aliphatic rings. The van der Waals surface area contributed by atoms with Gasteiger partial charge in [0.05, 0.1) is 4.92 Å². The minimum absolute atomic E-state index is 0.0162. The van der Waals surface area contributed by atoms with Crippen LogP contribution < -0.4 is 0 Å². The SMILES string of the molecule is Cc1c(C2=N/C(=C/c3ccc(Cl)cc3Cl)C(=O)O2)cccc1[N+](=O)[O-]. The van der Waals surface area contributed by atoms with Crippen molar-refractivity contribution >= 4 is 46.8 Å². The van der Waals surface area contributed by atoms with Crippen LogP contribution in [0.4, 0.5) is 5.69 Å². The number of carbonyl (C=O) groups is 1. The van der Waals surface area contributed by atoms with Crippen molar-refractivity contribution in [3.8, 4) is 0 Å². The fourth-order valence-corrected chi connectivity index (χ4v) is 2.81. The van der Waals surface area contributed by atoms with E-state index in [0.29, 0.717) is 26.7 Å². The van der Waals surface area contributed by atoms with Crippen molar-refractivity contribution in [2.24, 2.45) is 4.99 Å². The van der Waals surface area contributed by atoms with Crippen molar-refractivity contribution in [1.29, 1.82) is 0 Å². The number of nitrogens with zero attached hydrogens (tertiary/aromatic N) is 2. The molecule has 0 spiro atoms. The van der Waals surface area contributed by atoms with Crippen molar-refractivity contribution < 1.29 is 14.5 Å². The molecule has 0 saturated carbocycles. The largest absolute Gasteiger partial charge is 0.402 e. The molecule has 8 heteroatoms. The molecule has 126 valence electrons. The molecule has 1 aliphatic heterocycles. The van der Waals surface area contributed by atoms with Gasteiger partial charge >= 0.3 is 5.97 Å². The average molecular weight is 377 g/mol. The summed E-state index contributed by atoms with van der Waals surface area (Å²) in [4.78, 5) is 26.8.